The summed E-state index contributed by atoms with van der Waals surface area (Å²) in [5.74, 6) is -1.47. The molecule has 0 spiro atoms. The molecule has 1 aromatic heterocycles. The number of carboxylic acid groups (broad SMARTS) is 1. The van der Waals surface area contributed by atoms with Gasteiger partial charge in [-0.2, -0.15) is 5.10 Å². The molecule has 8 nitrogen and oxygen atoms in total. The molecule has 2 aromatic rings. The van der Waals surface area contributed by atoms with Gasteiger partial charge in [0.25, 0.3) is 0 Å². The molecule has 0 unspecified atom stereocenters. The summed E-state index contributed by atoms with van der Waals surface area (Å²) in [5.41, 5.74) is 0.313. The van der Waals surface area contributed by atoms with Crippen molar-refractivity contribution < 1.29 is 19.4 Å². The number of hydrogen-bond donors (Lipinski definition) is 1. The van der Waals surface area contributed by atoms with Gasteiger partial charge in [-0.15, -0.1) is 0 Å². The van der Waals surface area contributed by atoms with E-state index in [0.717, 1.165) is 6.20 Å². The van der Waals surface area contributed by atoms with E-state index in [1.807, 2.05) is 0 Å². The molecule has 1 aliphatic rings. The summed E-state index contributed by atoms with van der Waals surface area (Å²) < 4.78 is 6.53. The van der Waals surface area contributed by atoms with Crippen molar-refractivity contribution in [2.45, 2.75) is 12.6 Å². The lowest BCUT2D eigenvalue weighted by Crippen LogP contribution is -2.53. The number of aromatic nitrogens is 2. The number of para-hydroxylation sites is 1. The Balaban J connectivity index is 1.90. The highest BCUT2D eigenvalue weighted by Crippen LogP contribution is 2.11. The van der Waals surface area contributed by atoms with Gasteiger partial charge in [-0.25, -0.2) is 4.79 Å². The summed E-state index contributed by atoms with van der Waals surface area (Å²) >= 11 is 0. The quantitative estimate of drug-likeness (QED) is 0.834. The smallest absolute Gasteiger partial charge is 0.328 e. The van der Waals surface area contributed by atoms with E-state index in [2.05, 4.69) is 5.10 Å². The molecule has 1 fully saturated rings. The molecule has 1 N–H and O–H groups in total. The van der Waals surface area contributed by atoms with Crippen molar-refractivity contribution in [3.8, 4) is 0 Å². The minimum absolute atomic E-state index is 0.0284. The van der Waals surface area contributed by atoms with Crippen molar-refractivity contribution in [1.82, 2.24) is 14.7 Å². The Kier molecular flexibility index (Phi) is 4.07. The van der Waals surface area contributed by atoms with E-state index in [-0.39, 0.29) is 31.0 Å². The molecule has 2 heterocycles. The lowest BCUT2D eigenvalue weighted by atomic mass is 10.2. The average Bonchev–Trinajstić information content (AvgIpc) is 2.57. The molecule has 120 valence electrons. The second kappa shape index (κ2) is 6.17. The number of carboxylic acids is 1. The molecular formula is C15H15N3O5. The van der Waals surface area contributed by atoms with E-state index in [1.54, 1.807) is 24.3 Å². The number of hydrogen-bond acceptors (Lipinski definition) is 5. The zero-order valence-corrected chi connectivity index (χ0v) is 12.2. The first-order chi connectivity index (χ1) is 11.1. The largest absolute Gasteiger partial charge is 0.480 e. The van der Waals surface area contributed by atoms with E-state index in [9.17, 15) is 19.5 Å². The third-order valence-electron chi connectivity index (χ3n) is 3.78. The molecule has 0 aliphatic carbocycles. The highest BCUT2D eigenvalue weighted by Gasteiger charge is 2.32. The Hall–Kier alpha value is -2.74. The van der Waals surface area contributed by atoms with Gasteiger partial charge < -0.3 is 14.7 Å². The number of carbonyl (C=O) groups excluding carboxylic acids is 1. The van der Waals surface area contributed by atoms with Gasteiger partial charge >= 0.3 is 5.97 Å². The maximum atomic E-state index is 12.5. The first kappa shape index (κ1) is 15.2. The first-order valence-electron chi connectivity index (χ1n) is 7.13. The fraction of sp³-hybridized carbons (Fsp3) is 0.333. The van der Waals surface area contributed by atoms with Gasteiger partial charge in [0.05, 0.1) is 24.9 Å². The molecule has 3 rings (SSSR count). The third kappa shape index (κ3) is 2.93. The average molecular weight is 317 g/mol. The minimum Gasteiger partial charge on any atom is -0.480 e. The summed E-state index contributed by atoms with van der Waals surface area (Å²) in [6.07, 6.45) is 1.16. The van der Waals surface area contributed by atoms with Crippen molar-refractivity contribution >= 4 is 22.8 Å². The molecule has 1 aromatic carbocycles. The van der Waals surface area contributed by atoms with Crippen LogP contribution in [-0.2, 0) is 20.9 Å². The Morgan fingerprint density at radius 3 is 2.91 bits per heavy atom. The van der Waals surface area contributed by atoms with Crippen molar-refractivity contribution in [1.29, 1.82) is 0 Å². The van der Waals surface area contributed by atoms with Gasteiger partial charge in [-0.05, 0) is 12.1 Å². The highest BCUT2D eigenvalue weighted by molar-refractivity contribution is 5.85. The van der Waals surface area contributed by atoms with Crippen LogP contribution in [0.4, 0.5) is 0 Å². The van der Waals surface area contributed by atoms with Crippen molar-refractivity contribution in [3.63, 3.8) is 0 Å². The molecule has 8 heteroatoms. The van der Waals surface area contributed by atoms with Crippen LogP contribution in [0.2, 0.25) is 0 Å². The first-order valence-corrected chi connectivity index (χ1v) is 7.13. The number of benzene rings is 1. The second-order valence-electron chi connectivity index (χ2n) is 5.20. The van der Waals surface area contributed by atoms with Crippen LogP contribution in [0.5, 0.6) is 0 Å². The summed E-state index contributed by atoms with van der Waals surface area (Å²) in [4.78, 5) is 36.8. The van der Waals surface area contributed by atoms with Gasteiger partial charge in [0.1, 0.15) is 6.54 Å². The number of carbonyl (C=O) groups is 2. The Morgan fingerprint density at radius 2 is 2.13 bits per heavy atom. The van der Waals surface area contributed by atoms with Gasteiger partial charge in [-0.1, -0.05) is 12.1 Å². The van der Waals surface area contributed by atoms with Crippen LogP contribution < -0.4 is 5.43 Å². The number of aliphatic carboxylic acids is 1. The molecule has 23 heavy (non-hydrogen) atoms. The summed E-state index contributed by atoms with van der Waals surface area (Å²) in [6.45, 7) is 0.353. The lowest BCUT2D eigenvalue weighted by Gasteiger charge is -2.33. The second-order valence-corrected chi connectivity index (χ2v) is 5.20. The fourth-order valence-electron chi connectivity index (χ4n) is 2.61. The van der Waals surface area contributed by atoms with Crippen LogP contribution in [-0.4, -0.2) is 57.5 Å². The van der Waals surface area contributed by atoms with Crippen LogP contribution in [0.25, 0.3) is 10.9 Å². The molecule has 0 saturated carbocycles. The normalized spacial score (nSPS) is 18.1. The number of morpholine rings is 1. The Bertz CT molecular complexity index is 816. The van der Waals surface area contributed by atoms with Gasteiger partial charge in [0.15, 0.2) is 6.04 Å². The van der Waals surface area contributed by atoms with E-state index >= 15 is 0 Å². The topological polar surface area (TPSA) is 102 Å². The summed E-state index contributed by atoms with van der Waals surface area (Å²) in [6, 6.07) is 5.85. The van der Waals surface area contributed by atoms with Gasteiger partial charge in [-0.3, -0.25) is 14.3 Å². The van der Waals surface area contributed by atoms with Crippen molar-refractivity contribution in [2.75, 3.05) is 19.8 Å². The Morgan fingerprint density at radius 1 is 1.35 bits per heavy atom. The SMILES string of the molecule is O=C(O)[C@@H]1COCCN1C(=O)Cn1ncc(=O)c2ccccc21. The maximum absolute atomic E-state index is 12.5. The van der Waals surface area contributed by atoms with Crippen molar-refractivity contribution in [2.24, 2.45) is 0 Å². The van der Waals surface area contributed by atoms with Crippen LogP contribution in [0.3, 0.4) is 0 Å². The Labute approximate surface area is 130 Å². The van der Waals surface area contributed by atoms with Crippen LogP contribution in [0, 0.1) is 0 Å². The predicted octanol–water partition coefficient (Wildman–Crippen LogP) is -0.291. The van der Waals surface area contributed by atoms with Crippen LogP contribution in [0.15, 0.2) is 35.3 Å². The molecule has 0 bridgehead atoms. The number of rotatable bonds is 3. The summed E-state index contributed by atoms with van der Waals surface area (Å²) in [5, 5.41) is 13.6. The number of nitrogens with zero attached hydrogens (tertiary/aromatic N) is 3. The zero-order chi connectivity index (χ0) is 16.4. The number of amides is 1. The predicted molar refractivity (Wildman–Crippen MR) is 80.0 cm³/mol. The molecule has 1 aliphatic heterocycles. The van der Waals surface area contributed by atoms with E-state index in [4.69, 9.17) is 4.74 Å². The monoisotopic (exact) mass is 317 g/mol. The zero-order valence-electron chi connectivity index (χ0n) is 12.2. The molecule has 1 atom stereocenters. The minimum atomic E-state index is -1.10. The lowest BCUT2D eigenvalue weighted by molar-refractivity contribution is -0.158. The highest BCUT2D eigenvalue weighted by atomic mass is 16.5. The van der Waals surface area contributed by atoms with Gasteiger partial charge in [0, 0.05) is 11.9 Å². The third-order valence-corrected chi connectivity index (χ3v) is 3.78. The van der Waals surface area contributed by atoms with Crippen molar-refractivity contribution in [3.05, 3.63) is 40.7 Å². The maximum Gasteiger partial charge on any atom is 0.328 e. The van der Waals surface area contributed by atoms with Crippen LogP contribution >= 0.6 is 0 Å². The standard InChI is InChI=1S/C15H15N3O5/c19-13-7-16-18(11-4-2-1-3-10(11)13)8-14(20)17-5-6-23-9-12(17)15(21)22/h1-4,7,12H,5-6,8-9H2,(H,21,22)/t12-/m0/s1. The summed E-state index contributed by atoms with van der Waals surface area (Å²) in [7, 11) is 0. The molecule has 0 radical (unpaired) electrons. The van der Waals surface area contributed by atoms with E-state index in [1.165, 1.54) is 9.58 Å². The van der Waals surface area contributed by atoms with E-state index < -0.39 is 12.0 Å². The fourth-order valence-corrected chi connectivity index (χ4v) is 2.61. The number of ether oxygens (including phenoxy) is 1. The number of fused-ring (bicyclic) bond motifs is 1. The molecular weight excluding hydrogens is 302 g/mol. The molecule has 1 amide bonds. The molecule has 1 saturated heterocycles. The van der Waals surface area contributed by atoms with Crippen LogP contribution in [0.1, 0.15) is 0 Å². The van der Waals surface area contributed by atoms with E-state index in [0.29, 0.717) is 17.5 Å². The van der Waals surface area contributed by atoms with Gasteiger partial charge in [0.2, 0.25) is 11.3 Å².